The minimum absolute atomic E-state index is 0.0649. The van der Waals surface area contributed by atoms with Crippen LogP contribution in [0.2, 0.25) is 0 Å². The van der Waals surface area contributed by atoms with E-state index in [1.54, 1.807) is 0 Å². The fourth-order valence-electron chi connectivity index (χ4n) is 0.697. The maximum Gasteiger partial charge on any atom is 0.210 e. The summed E-state index contributed by atoms with van der Waals surface area (Å²) in [5.74, 6) is -0.0749. The van der Waals surface area contributed by atoms with Gasteiger partial charge in [0.05, 0.1) is 5.75 Å². The van der Waals surface area contributed by atoms with Gasteiger partial charge in [0.1, 0.15) is 0 Å². The summed E-state index contributed by atoms with van der Waals surface area (Å²) >= 11 is 0. The van der Waals surface area contributed by atoms with Crippen LogP contribution in [0.4, 0.5) is 0 Å². The second kappa shape index (κ2) is 4.90. The Labute approximate surface area is 79.4 Å². The van der Waals surface area contributed by atoms with Gasteiger partial charge in [-0.1, -0.05) is 13.8 Å². The Morgan fingerprint density at radius 3 is 2.38 bits per heavy atom. The molecule has 0 spiro atoms. The van der Waals surface area contributed by atoms with Gasteiger partial charge in [-0.3, -0.25) is 0 Å². The van der Waals surface area contributed by atoms with Gasteiger partial charge < -0.3 is 10.4 Å². The summed E-state index contributed by atoms with van der Waals surface area (Å²) in [4.78, 5) is 0. The second-order valence-corrected chi connectivity index (χ2v) is 5.60. The highest BCUT2D eigenvalue weighted by Crippen LogP contribution is 2.10. The first kappa shape index (κ1) is 12.8. The number of aliphatic hydroxyl groups excluding tert-OH is 1. The Bertz CT molecular complexity index is 236. The van der Waals surface area contributed by atoms with Crippen molar-refractivity contribution in [3.63, 3.8) is 0 Å². The van der Waals surface area contributed by atoms with Crippen molar-refractivity contribution < 1.29 is 13.5 Å². The summed E-state index contributed by atoms with van der Waals surface area (Å²) in [5.41, 5.74) is -0.224. The summed E-state index contributed by atoms with van der Waals surface area (Å²) in [6.45, 7) is 4.73. The van der Waals surface area contributed by atoms with E-state index in [9.17, 15) is 8.42 Å². The van der Waals surface area contributed by atoms with E-state index in [4.69, 9.17) is 10.2 Å². The molecule has 13 heavy (non-hydrogen) atoms. The maximum absolute atomic E-state index is 10.5. The Morgan fingerprint density at radius 1 is 1.46 bits per heavy atom. The number of rotatable bonds is 6. The Kier molecular flexibility index (Phi) is 4.83. The first-order chi connectivity index (χ1) is 5.77. The van der Waals surface area contributed by atoms with Crippen LogP contribution in [-0.2, 0) is 10.0 Å². The molecule has 0 unspecified atom stereocenters. The molecular formula is C7H18N2O3S. The van der Waals surface area contributed by atoms with Crippen LogP contribution in [0.1, 0.15) is 13.8 Å². The highest BCUT2D eigenvalue weighted by molar-refractivity contribution is 7.89. The molecule has 0 aliphatic heterocycles. The molecule has 0 aliphatic carbocycles. The molecule has 5 nitrogen and oxygen atoms in total. The first-order valence-corrected chi connectivity index (χ1v) is 5.80. The Morgan fingerprint density at radius 2 is 2.00 bits per heavy atom. The van der Waals surface area contributed by atoms with Crippen molar-refractivity contribution in [3.05, 3.63) is 0 Å². The summed E-state index contributed by atoms with van der Waals surface area (Å²) in [7, 11) is -3.37. The zero-order valence-electron chi connectivity index (χ0n) is 8.08. The molecule has 0 bridgehead atoms. The fraction of sp³-hybridized carbons (Fsp3) is 1.00. The predicted octanol–water partition coefficient (Wildman–Crippen LogP) is -1.12. The lowest BCUT2D eigenvalue weighted by Crippen LogP contribution is -2.35. The third-order valence-corrected chi connectivity index (χ3v) is 2.37. The number of nitrogens with one attached hydrogen (secondary N) is 1. The quantitative estimate of drug-likeness (QED) is 0.484. The molecule has 0 saturated heterocycles. The van der Waals surface area contributed by atoms with Crippen molar-refractivity contribution in [2.45, 2.75) is 13.8 Å². The molecule has 0 atom stereocenters. The number of nitrogens with two attached hydrogens (primary N) is 1. The van der Waals surface area contributed by atoms with Crippen LogP contribution in [0.25, 0.3) is 0 Å². The van der Waals surface area contributed by atoms with Crippen molar-refractivity contribution in [1.29, 1.82) is 0 Å². The number of sulfonamides is 1. The number of aliphatic hydroxyl groups is 1. The molecule has 0 fully saturated rings. The lowest BCUT2D eigenvalue weighted by molar-refractivity contribution is 0.158. The average molecular weight is 210 g/mol. The van der Waals surface area contributed by atoms with E-state index in [0.717, 1.165) is 0 Å². The van der Waals surface area contributed by atoms with Crippen LogP contribution in [0.3, 0.4) is 0 Å². The predicted molar refractivity (Wildman–Crippen MR) is 51.7 cm³/mol. The second-order valence-electron chi connectivity index (χ2n) is 3.87. The van der Waals surface area contributed by atoms with E-state index in [2.05, 4.69) is 5.32 Å². The van der Waals surface area contributed by atoms with Crippen molar-refractivity contribution in [3.8, 4) is 0 Å². The molecule has 0 radical (unpaired) electrons. The van der Waals surface area contributed by atoms with E-state index in [-0.39, 0.29) is 17.8 Å². The first-order valence-electron chi connectivity index (χ1n) is 4.09. The molecule has 0 aliphatic rings. The van der Waals surface area contributed by atoms with Crippen LogP contribution in [-0.4, -0.2) is 39.0 Å². The normalized spacial score (nSPS) is 13.2. The van der Waals surface area contributed by atoms with Crippen LogP contribution >= 0.6 is 0 Å². The standard InChI is InChI=1S/C7H18N2O3S/c1-7(2,6-10)5-9-3-4-13(8,11)12/h9-10H,3-6H2,1-2H3,(H2,8,11,12). The molecule has 0 saturated carbocycles. The van der Waals surface area contributed by atoms with Gasteiger partial charge in [-0.2, -0.15) is 0 Å². The molecular weight excluding hydrogens is 192 g/mol. The lowest BCUT2D eigenvalue weighted by Gasteiger charge is -2.21. The summed E-state index contributed by atoms with van der Waals surface area (Å²) in [6.07, 6.45) is 0. The van der Waals surface area contributed by atoms with E-state index in [1.165, 1.54) is 0 Å². The SMILES string of the molecule is CC(C)(CO)CNCCS(N)(=O)=O. The van der Waals surface area contributed by atoms with E-state index < -0.39 is 10.0 Å². The molecule has 0 heterocycles. The highest BCUT2D eigenvalue weighted by Gasteiger charge is 2.15. The molecule has 80 valence electrons. The van der Waals surface area contributed by atoms with Gasteiger partial charge in [0.2, 0.25) is 10.0 Å². The molecule has 0 aromatic heterocycles. The number of primary sulfonamides is 1. The smallest absolute Gasteiger partial charge is 0.210 e. The molecule has 0 aromatic carbocycles. The molecule has 4 N–H and O–H groups in total. The molecule has 0 aromatic rings. The molecule has 0 amide bonds. The summed E-state index contributed by atoms with van der Waals surface area (Å²) in [6, 6.07) is 0. The molecule has 0 rings (SSSR count). The van der Waals surface area contributed by atoms with Crippen LogP contribution in [0, 0.1) is 5.41 Å². The van der Waals surface area contributed by atoms with Crippen molar-refractivity contribution in [1.82, 2.24) is 5.32 Å². The zero-order valence-corrected chi connectivity index (χ0v) is 8.89. The van der Waals surface area contributed by atoms with Gasteiger partial charge in [0, 0.05) is 25.1 Å². The van der Waals surface area contributed by atoms with Gasteiger partial charge in [0.25, 0.3) is 0 Å². The van der Waals surface area contributed by atoms with Crippen molar-refractivity contribution in [2.75, 3.05) is 25.4 Å². The van der Waals surface area contributed by atoms with E-state index in [0.29, 0.717) is 13.1 Å². The summed E-state index contributed by atoms with van der Waals surface area (Å²) in [5, 5.41) is 16.6. The third-order valence-electron chi connectivity index (χ3n) is 1.59. The lowest BCUT2D eigenvalue weighted by atomic mass is 9.95. The van der Waals surface area contributed by atoms with E-state index >= 15 is 0 Å². The van der Waals surface area contributed by atoms with E-state index in [1.807, 2.05) is 13.8 Å². The number of hydrogen-bond acceptors (Lipinski definition) is 4. The Hall–Kier alpha value is -0.170. The van der Waals surface area contributed by atoms with Crippen molar-refractivity contribution >= 4 is 10.0 Å². The van der Waals surface area contributed by atoms with Gasteiger partial charge in [-0.15, -0.1) is 0 Å². The monoisotopic (exact) mass is 210 g/mol. The van der Waals surface area contributed by atoms with Crippen LogP contribution in [0.15, 0.2) is 0 Å². The largest absolute Gasteiger partial charge is 0.396 e. The van der Waals surface area contributed by atoms with Crippen LogP contribution in [0.5, 0.6) is 0 Å². The highest BCUT2D eigenvalue weighted by atomic mass is 32.2. The topological polar surface area (TPSA) is 92.4 Å². The average Bonchev–Trinajstić information content (AvgIpc) is 1.97. The van der Waals surface area contributed by atoms with Gasteiger partial charge >= 0.3 is 0 Å². The van der Waals surface area contributed by atoms with Gasteiger partial charge in [-0.25, -0.2) is 13.6 Å². The minimum atomic E-state index is -3.37. The maximum atomic E-state index is 10.5. The van der Waals surface area contributed by atoms with Gasteiger partial charge in [-0.05, 0) is 0 Å². The molecule has 6 heteroatoms. The van der Waals surface area contributed by atoms with Crippen molar-refractivity contribution in [2.24, 2.45) is 10.6 Å². The number of hydrogen-bond donors (Lipinski definition) is 3. The zero-order chi connectivity index (χ0) is 10.5. The fourth-order valence-corrected chi connectivity index (χ4v) is 1.13. The third kappa shape index (κ3) is 8.17. The Balaban J connectivity index is 3.58. The van der Waals surface area contributed by atoms with Gasteiger partial charge in [0.15, 0.2) is 0 Å². The van der Waals surface area contributed by atoms with Crippen LogP contribution < -0.4 is 10.5 Å². The summed E-state index contributed by atoms with van der Waals surface area (Å²) < 4.78 is 21.0. The minimum Gasteiger partial charge on any atom is -0.396 e.